The van der Waals surface area contributed by atoms with E-state index in [-0.39, 0.29) is 0 Å². The van der Waals surface area contributed by atoms with Crippen LogP contribution in [0.25, 0.3) is 0 Å². The average Bonchev–Trinajstić information content (AvgIpc) is 3.33. The predicted octanol–water partition coefficient (Wildman–Crippen LogP) is 4.29. The number of benzene rings is 1. The van der Waals surface area contributed by atoms with Crippen LogP contribution in [-0.4, -0.2) is 34.4 Å². The molecule has 0 amide bonds. The first kappa shape index (κ1) is 20.5. The molecule has 0 saturated carbocycles. The Labute approximate surface area is 175 Å². The third-order valence-corrected chi connectivity index (χ3v) is 6.00. The van der Waals surface area contributed by atoms with E-state index in [0.717, 1.165) is 48.3 Å². The van der Waals surface area contributed by atoms with Crippen LogP contribution in [0.1, 0.15) is 33.9 Å². The summed E-state index contributed by atoms with van der Waals surface area (Å²) in [7, 11) is 2.04. The Morgan fingerprint density at radius 2 is 1.86 bits per heavy atom. The Morgan fingerprint density at radius 1 is 1.07 bits per heavy atom. The normalized spacial score (nSPS) is 11.6. The van der Waals surface area contributed by atoms with Crippen molar-refractivity contribution in [3.63, 3.8) is 0 Å². The van der Waals surface area contributed by atoms with Gasteiger partial charge in [-0.3, -0.25) is 0 Å². The molecule has 0 bridgehead atoms. The van der Waals surface area contributed by atoms with Gasteiger partial charge in [-0.25, -0.2) is 15.0 Å². The number of rotatable bonds is 8. The van der Waals surface area contributed by atoms with Crippen molar-refractivity contribution in [3.8, 4) is 0 Å². The van der Waals surface area contributed by atoms with Gasteiger partial charge < -0.3 is 10.2 Å². The van der Waals surface area contributed by atoms with Crippen molar-refractivity contribution in [1.29, 1.82) is 0 Å². The summed E-state index contributed by atoms with van der Waals surface area (Å²) in [5.74, 6) is 0.881. The van der Waals surface area contributed by atoms with Gasteiger partial charge in [0.1, 0.15) is 0 Å². The van der Waals surface area contributed by atoms with Crippen molar-refractivity contribution in [1.82, 2.24) is 20.2 Å². The molecule has 0 unspecified atom stereocenters. The maximum absolute atomic E-state index is 4.77. The van der Waals surface area contributed by atoms with Gasteiger partial charge in [-0.1, -0.05) is 30.3 Å². The Hall–Kier alpha value is -2.25. The van der Waals surface area contributed by atoms with Gasteiger partial charge in [-0.2, -0.15) is 0 Å². The van der Waals surface area contributed by atoms with Crippen LogP contribution in [0.15, 0.2) is 46.1 Å². The minimum absolute atomic E-state index is 0.588. The molecule has 0 aliphatic carbocycles. The molecule has 0 fully saturated rings. The first-order valence-corrected chi connectivity index (χ1v) is 11.3. The summed E-state index contributed by atoms with van der Waals surface area (Å²) < 4.78 is 0. The lowest BCUT2D eigenvalue weighted by Crippen LogP contribution is -2.38. The molecular formula is C21H27N5S2. The highest BCUT2D eigenvalue weighted by Crippen LogP contribution is 2.14. The predicted molar refractivity (Wildman–Crippen MR) is 119 cm³/mol. The van der Waals surface area contributed by atoms with Crippen molar-refractivity contribution >= 4 is 28.6 Å². The second-order valence-electron chi connectivity index (χ2n) is 6.60. The zero-order valence-electron chi connectivity index (χ0n) is 16.7. The van der Waals surface area contributed by atoms with Crippen molar-refractivity contribution in [2.45, 2.75) is 39.8 Å². The Bertz CT molecular complexity index is 885. The summed E-state index contributed by atoms with van der Waals surface area (Å²) in [5, 5.41) is 9.85. The third kappa shape index (κ3) is 6.14. The fourth-order valence-corrected chi connectivity index (χ4v) is 4.25. The van der Waals surface area contributed by atoms with E-state index in [1.54, 1.807) is 22.7 Å². The molecule has 0 radical (unpaired) electrons. The average molecular weight is 414 g/mol. The molecule has 148 valence electrons. The summed E-state index contributed by atoms with van der Waals surface area (Å²) in [6.45, 7) is 6.28. The SMILES string of the molecule is CCNC(=NCc1csc(CCc2ccccc2)n1)N(C)Cc1csc(C)n1. The fourth-order valence-electron chi connectivity index (χ4n) is 2.86. The molecule has 0 saturated heterocycles. The van der Waals surface area contributed by atoms with Gasteiger partial charge in [0.15, 0.2) is 5.96 Å². The Balaban J connectivity index is 1.57. The molecule has 5 nitrogen and oxygen atoms in total. The largest absolute Gasteiger partial charge is 0.357 e. The first-order valence-electron chi connectivity index (χ1n) is 9.51. The van der Waals surface area contributed by atoms with E-state index in [4.69, 9.17) is 9.98 Å². The number of aryl methyl sites for hydroxylation is 3. The minimum atomic E-state index is 0.588. The van der Waals surface area contributed by atoms with Crippen molar-refractivity contribution in [2.24, 2.45) is 4.99 Å². The molecule has 1 aromatic carbocycles. The lowest BCUT2D eigenvalue weighted by molar-refractivity contribution is 0.470. The minimum Gasteiger partial charge on any atom is -0.357 e. The Morgan fingerprint density at radius 3 is 2.57 bits per heavy atom. The second kappa shape index (κ2) is 10.3. The van der Waals surface area contributed by atoms with Gasteiger partial charge in [0.2, 0.25) is 0 Å². The van der Waals surface area contributed by atoms with Crippen LogP contribution in [0.4, 0.5) is 0 Å². The molecule has 2 heterocycles. The zero-order chi connectivity index (χ0) is 19.8. The molecule has 1 N–H and O–H groups in total. The molecule has 0 atom stereocenters. The molecule has 3 aromatic rings. The number of nitrogens with zero attached hydrogens (tertiary/aromatic N) is 4. The third-order valence-electron chi connectivity index (χ3n) is 4.22. The van der Waals surface area contributed by atoms with E-state index in [2.05, 4.69) is 63.2 Å². The molecule has 0 aliphatic rings. The number of hydrogen-bond acceptors (Lipinski definition) is 5. The van der Waals surface area contributed by atoms with Crippen LogP contribution in [0.2, 0.25) is 0 Å². The number of thiazole rings is 2. The van der Waals surface area contributed by atoms with Crippen LogP contribution < -0.4 is 5.32 Å². The van der Waals surface area contributed by atoms with E-state index in [0.29, 0.717) is 6.54 Å². The number of aromatic nitrogens is 2. The lowest BCUT2D eigenvalue weighted by atomic mass is 10.1. The van der Waals surface area contributed by atoms with E-state index in [9.17, 15) is 0 Å². The fraction of sp³-hybridized carbons (Fsp3) is 0.381. The topological polar surface area (TPSA) is 53.4 Å². The standard InChI is InChI=1S/C21H27N5S2/c1-4-22-21(26(3)13-19-15-27-16(2)24-19)23-12-18-14-28-20(25-18)11-10-17-8-6-5-7-9-17/h5-9,14-15H,4,10-13H2,1-3H3,(H,22,23). The highest BCUT2D eigenvalue weighted by atomic mass is 32.1. The highest BCUT2D eigenvalue weighted by molar-refractivity contribution is 7.09. The molecule has 0 aliphatic heterocycles. The monoisotopic (exact) mass is 413 g/mol. The van der Waals surface area contributed by atoms with Crippen LogP contribution in [0, 0.1) is 6.92 Å². The molecule has 3 rings (SSSR count). The highest BCUT2D eigenvalue weighted by Gasteiger charge is 2.09. The first-order chi connectivity index (χ1) is 13.6. The van der Waals surface area contributed by atoms with Gasteiger partial charge in [-0.15, -0.1) is 22.7 Å². The molecule has 2 aromatic heterocycles. The summed E-state index contributed by atoms with van der Waals surface area (Å²) in [6.07, 6.45) is 2.00. The van der Waals surface area contributed by atoms with Crippen LogP contribution in [-0.2, 0) is 25.9 Å². The lowest BCUT2D eigenvalue weighted by Gasteiger charge is -2.21. The van der Waals surface area contributed by atoms with Gasteiger partial charge in [0.25, 0.3) is 0 Å². The van der Waals surface area contributed by atoms with Crippen LogP contribution in [0.5, 0.6) is 0 Å². The Kier molecular flexibility index (Phi) is 7.56. The van der Waals surface area contributed by atoms with E-state index in [1.165, 1.54) is 10.6 Å². The summed E-state index contributed by atoms with van der Waals surface area (Å²) >= 11 is 3.41. The van der Waals surface area contributed by atoms with E-state index >= 15 is 0 Å². The maximum Gasteiger partial charge on any atom is 0.194 e. The van der Waals surface area contributed by atoms with Gasteiger partial charge in [-0.05, 0) is 25.8 Å². The van der Waals surface area contributed by atoms with Gasteiger partial charge >= 0.3 is 0 Å². The number of guanidine groups is 1. The molecular weight excluding hydrogens is 386 g/mol. The number of hydrogen-bond donors (Lipinski definition) is 1. The molecule has 0 spiro atoms. The summed E-state index contributed by atoms with van der Waals surface area (Å²) in [5.41, 5.74) is 3.46. The second-order valence-corrected chi connectivity index (χ2v) is 8.61. The molecule has 28 heavy (non-hydrogen) atoms. The van der Waals surface area contributed by atoms with Crippen LogP contribution >= 0.6 is 22.7 Å². The van der Waals surface area contributed by atoms with E-state index < -0.39 is 0 Å². The van der Waals surface area contributed by atoms with Crippen LogP contribution in [0.3, 0.4) is 0 Å². The van der Waals surface area contributed by atoms with Crippen molar-refractivity contribution in [2.75, 3.05) is 13.6 Å². The number of nitrogens with one attached hydrogen (secondary N) is 1. The smallest absolute Gasteiger partial charge is 0.194 e. The quantitative estimate of drug-likeness (QED) is 0.442. The van der Waals surface area contributed by atoms with Crippen molar-refractivity contribution in [3.05, 3.63) is 68.1 Å². The van der Waals surface area contributed by atoms with Crippen molar-refractivity contribution < 1.29 is 0 Å². The maximum atomic E-state index is 4.77. The van der Waals surface area contributed by atoms with Gasteiger partial charge in [0.05, 0.1) is 34.5 Å². The molecule has 7 heteroatoms. The number of aliphatic imine (C=N–C) groups is 1. The van der Waals surface area contributed by atoms with E-state index in [1.807, 2.05) is 14.0 Å². The zero-order valence-corrected chi connectivity index (χ0v) is 18.3. The summed E-state index contributed by atoms with van der Waals surface area (Å²) in [4.78, 5) is 16.2. The van der Waals surface area contributed by atoms with Gasteiger partial charge in [0, 0.05) is 30.8 Å². The summed E-state index contributed by atoms with van der Waals surface area (Å²) in [6, 6.07) is 10.6.